The Morgan fingerprint density at radius 3 is 2.50 bits per heavy atom. The molecule has 1 aliphatic rings. The molecule has 0 unspecified atom stereocenters. The van der Waals surface area contributed by atoms with Crippen molar-refractivity contribution in [1.82, 2.24) is 9.80 Å². The highest BCUT2D eigenvalue weighted by Crippen LogP contribution is 2.32. The van der Waals surface area contributed by atoms with Crippen LogP contribution in [0.2, 0.25) is 0 Å². The molecular weight excluding hydrogens is 321 g/mol. The maximum absolute atomic E-state index is 13.1. The number of rotatable bonds is 4. The van der Waals surface area contributed by atoms with E-state index in [1.54, 1.807) is 6.07 Å². The summed E-state index contributed by atoms with van der Waals surface area (Å²) in [7, 11) is 2.00. The summed E-state index contributed by atoms with van der Waals surface area (Å²) in [4.78, 5) is 15.7. The third-order valence-corrected chi connectivity index (χ3v) is 3.85. The first-order valence-corrected chi connectivity index (χ1v) is 7.57. The predicted octanol–water partition coefficient (Wildman–Crippen LogP) is 2.30. The van der Waals surface area contributed by atoms with Crippen molar-refractivity contribution in [3.05, 3.63) is 29.3 Å². The Balaban J connectivity index is 2.19. The molecule has 0 radical (unpaired) electrons. The van der Waals surface area contributed by atoms with Crippen LogP contribution in [-0.2, 0) is 17.5 Å². The molecule has 0 bridgehead atoms. The molecule has 1 amide bonds. The molecule has 2 rings (SSSR count). The topological polar surface area (TPSA) is 59.4 Å². The fourth-order valence-corrected chi connectivity index (χ4v) is 2.56. The molecule has 1 aliphatic heterocycles. The maximum atomic E-state index is 13.1. The first-order chi connectivity index (χ1) is 11.3. The highest BCUT2D eigenvalue weighted by atomic mass is 19.4. The van der Waals surface area contributed by atoms with Gasteiger partial charge < -0.3 is 10.2 Å². The average molecular weight is 340 g/mol. The van der Waals surface area contributed by atoms with Gasteiger partial charge in [0.25, 0.3) is 0 Å². The monoisotopic (exact) mass is 340 g/mol. The summed E-state index contributed by atoms with van der Waals surface area (Å²) in [5.41, 5.74) is -0.253. The van der Waals surface area contributed by atoms with Gasteiger partial charge in [-0.25, -0.2) is 0 Å². The minimum Gasteiger partial charge on any atom is -0.325 e. The minimum absolute atomic E-state index is 0.0641. The van der Waals surface area contributed by atoms with Gasteiger partial charge in [-0.2, -0.15) is 18.4 Å². The van der Waals surface area contributed by atoms with E-state index < -0.39 is 24.1 Å². The zero-order chi connectivity index (χ0) is 17.7. The van der Waals surface area contributed by atoms with Crippen LogP contribution >= 0.6 is 0 Å². The Labute approximate surface area is 138 Å². The molecule has 0 aliphatic carbocycles. The predicted molar refractivity (Wildman–Crippen MR) is 83.1 cm³/mol. The third kappa shape index (κ3) is 5.22. The van der Waals surface area contributed by atoms with E-state index in [4.69, 9.17) is 5.26 Å². The van der Waals surface area contributed by atoms with Crippen molar-refractivity contribution in [1.29, 1.82) is 5.26 Å². The van der Waals surface area contributed by atoms with Crippen LogP contribution in [0, 0.1) is 11.3 Å². The van der Waals surface area contributed by atoms with Crippen molar-refractivity contribution in [2.45, 2.75) is 19.1 Å². The Kier molecular flexibility index (Phi) is 5.80. The van der Waals surface area contributed by atoms with E-state index in [1.807, 2.05) is 7.05 Å². The summed E-state index contributed by atoms with van der Waals surface area (Å²) in [5, 5.41) is 10.8. The number of hydrogen-bond acceptors (Lipinski definition) is 4. The minimum atomic E-state index is -4.49. The van der Waals surface area contributed by atoms with E-state index in [1.165, 1.54) is 6.07 Å². The van der Waals surface area contributed by atoms with Crippen LogP contribution in [0.4, 0.5) is 18.9 Å². The Hall–Kier alpha value is -2.11. The van der Waals surface area contributed by atoms with Crippen LogP contribution in [0.25, 0.3) is 0 Å². The van der Waals surface area contributed by atoms with Crippen LogP contribution in [0.15, 0.2) is 18.2 Å². The summed E-state index contributed by atoms with van der Waals surface area (Å²) in [6.45, 7) is 3.68. The summed E-state index contributed by atoms with van der Waals surface area (Å²) >= 11 is 0. The van der Waals surface area contributed by atoms with Gasteiger partial charge in [0.15, 0.2) is 0 Å². The molecular formula is C16H19F3N4O. The van der Waals surface area contributed by atoms with Crippen LogP contribution in [0.1, 0.15) is 17.5 Å². The summed E-state index contributed by atoms with van der Waals surface area (Å²) in [6.07, 6.45) is -4.89. The first kappa shape index (κ1) is 18.2. The van der Waals surface area contributed by atoms with Crippen LogP contribution < -0.4 is 5.32 Å². The lowest BCUT2D eigenvalue weighted by molar-refractivity contribution is -0.137. The normalized spacial score (nSPS) is 16.6. The van der Waals surface area contributed by atoms with Crippen molar-refractivity contribution >= 4 is 11.6 Å². The number of amides is 1. The number of nitriles is 1. The standard InChI is InChI=1S/C16H19F3N4O/c1-22-4-6-23(7-5-22)11-12-8-13(16(17,18)19)10-14(9-12)21-15(24)2-3-20/h8-10H,2,4-7,11H2,1H3,(H,21,24). The largest absolute Gasteiger partial charge is 0.416 e. The molecule has 130 valence electrons. The number of carbonyl (C=O) groups is 1. The van der Waals surface area contributed by atoms with Gasteiger partial charge in [0.1, 0.15) is 6.42 Å². The molecule has 0 saturated carbocycles. The van der Waals surface area contributed by atoms with Gasteiger partial charge >= 0.3 is 6.18 Å². The average Bonchev–Trinajstić information content (AvgIpc) is 2.49. The Bertz CT molecular complexity index is 631. The van der Waals surface area contributed by atoms with Crippen molar-refractivity contribution in [3.8, 4) is 6.07 Å². The van der Waals surface area contributed by atoms with Gasteiger partial charge in [0, 0.05) is 38.4 Å². The fraction of sp³-hybridized carbons (Fsp3) is 0.500. The highest BCUT2D eigenvalue weighted by molar-refractivity contribution is 5.92. The van der Waals surface area contributed by atoms with Gasteiger partial charge in [-0.05, 0) is 30.8 Å². The van der Waals surface area contributed by atoms with Crippen molar-refractivity contribution in [2.24, 2.45) is 0 Å². The van der Waals surface area contributed by atoms with Crippen LogP contribution in [-0.4, -0.2) is 48.9 Å². The third-order valence-electron chi connectivity index (χ3n) is 3.85. The van der Waals surface area contributed by atoms with Crippen LogP contribution in [0.5, 0.6) is 0 Å². The fourth-order valence-electron chi connectivity index (χ4n) is 2.56. The number of hydrogen-bond donors (Lipinski definition) is 1. The first-order valence-electron chi connectivity index (χ1n) is 7.57. The summed E-state index contributed by atoms with van der Waals surface area (Å²) in [5.74, 6) is -0.623. The van der Waals surface area contributed by atoms with Gasteiger partial charge in [-0.1, -0.05) is 0 Å². The van der Waals surface area contributed by atoms with E-state index in [0.29, 0.717) is 12.1 Å². The number of benzene rings is 1. The zero-order valence-electron chi connectivity index (χ0n) is 13.4. The molecule has 1 aromatic rings. The number of alkyl halides is 3. The zero-order valence-corrected chi connectivity index (χ0v) is 13.4. The number of nitrogens with zero attached hydrogens (tertiary/aromatic N) is 3. The summed E-state index contributed by atoms with van der Waals surface area (Å²) < 4.78 is 39.2. The second kappa shape index (κ2) is 7.64. The maximum Gasteiger partial charge on any atom is 0.416 e. The quantitative estimate of drug-likeness (QED) is 0.914. The Morgan fingerprint density at radius 2 is 1.92 bits per heavy atom. The SMILES string of the molecule is CN1CCN(Cc2cc(NC(=O)CC#N)cc(C(F)(F)F)c2)CC1. The second-order valence-corrected chi connectivity index (χ2v) is 5.88. The van der Waals surface area contributed by atoms with E-state index in [2.05, 4.69) is 15.1 Å². The van der Waals surface area contributed by atoms with E-state index in [0.717, 1.165) is 38.3 Å². The number of nitrogens with one attached hydrogen (secondary N) is 1. The molecule has 0 atom stereocenters. The molecule has 1 saturated heterocycles. The molecule has 5 nitrogen and oxygen atoms in total. The number of anilines is 1. The van der Waals surface area contributed by atoms with Gasteiger partial charge in [-0.15, -0.1) is 0 Å². The molecule has 0 aromatic heterocycles. The van der Waals surface area contributed by atoms with Crippen molar-refractivity contribution in [3.63, 3.8) is 0 Å². The number of carbonyl (C=O) groups excluding carboxylic acids is 1. The van der Waals surface area contributed by atoms with Crippen molar-refractivity contribution in [2.75, 3.05) is 38.5 Å². The second-order valence-electron chi connectivity index (χ2n) is 5.88. The van der Waals surface area contributed by atoms with E-state index in [9.17, 15) is 18.0 Å². The lowest BCUT2D eigenvalue weighted by atomic mass is 10.1. The molecule has 8 heteroatoms. The van der Waals surface area contributed by atoms with E-state index in [-0.39, 0.29) is 5.69 Å². The van der Waals surface area contributed by atoms with E-state index >= 15 is 0 Å². The number of likely N-dealkylation sites (N-methyl/N-ethyl adjacent to an activating group) is 1. The highest BCUT2D eigenvalue weighted by Gasteiger charge is 2.31. The molecule has 1 N–H and O–H groups in total. The summed E-state index contributed by atoms with van der Waals surface area (Å²) in [6, 6.07) is 5.20. The lowest BCUT2D eigenvalue weighted by Crippen LogP contribution is -2.43. The van der Waals surface area contributed by atoms with Gasteiger partial charge in [-0.3, -0.25) is 9.69 Å². The van der Waals surface area contributed by atoms with Crippen molar-refractivity contribution < 1.29 is 18.0 Å². The lowest BCUT2D eigenvalue weighted by Gasteiger charge is -2.32. The smallest absolute Gasteiger partial charge is 0.325 e. The van der Waals surface area contributed by atoms with Gasteiger partial charge in [0.05, 0.1) is 11.6 Å². The number of piperazine rings is 1. The molecule has 1 aromatic carbocycles. The number of halogens is 3. The Morgan fingerprint density at radius 1 is 1.25 bits per heavy atom. The molecule has 1 fully saturated rings. The molecule has 24 heavy (non-hydrogen) atoms. The van der Waals surface area contributed by atoms with Crippen LogP contribution in [0.3, 0.4) is 0 Å². The molecule has 1 heterocycles. The van der Waals surface area contributed by atoms with Gasteiger partial charge in [0.2, 0.25) is 5.91 Å². The molecule has 0 spiro atoms.